The first-order valence-corrected chi connectivity index (χ1v) is 5.85. The van der Waals surface area contributed by atoms with Crippen molar-refractivity contribution >= 4 is 11.7 Å². The Morgan fingerprint density at radius 1 is 1.21 bits per heavy atom. The molecule has 0 aliphatic heterocycles. The minimum absolute atomic E-state index is 0.332. The van der Waals surface area contributed by atoms with E-state index in [0.717, 1.165) is 5.56 Å². The smallest absolute Gasteiger partial charge is 0.488 e. The molecule has 97 valence electrons. The molecule has 0 spiro atoms. The van der Waals surface area contributed by atoms with Crippen molar-refractivity contribution in [3.63, 3.8) is 0 Å². The summed E-state index contributed by atoms with van der Waals surface area (Å²) in [4.78, 5) is 11.6. The molecule has 2 rings (SSSR count). The van der Waals surface area contributed by atoms with E-state index in [1.54, 1.807) is 18.2 Å². The van der Waals surface area contributed by atoms with Gasteiger partial charge in [0.05, 0.1) is 4.79 Å². The molecule has 2 aromatic rings. The molecule has 0 fully saturated rings. The zero-order valence-corrected chi connectivity index (χ0v) is 10.6. The second kappa shape index (κ2) is 5.91. The number of rotatable bonds is 4. The number of hydrogen-bond donors (Lipinski definition) is 1. The number of benzene rings is 2. The second-order valence-electron chi connectivity index (χ2n) is 4.02. The Hall–Kier alpha value is -2.49. The summed E-state index contributed by atoms with van der Waals surface area (Å²) in [5.41, 5.74) is 7.51. The lowest BCUT2D eigenvalue weighted by molar-refractivity contribution is 0.0595. The number of hydrogen-bond acceptors (Lipinski definition) is 4. The van der Waals surface area contributed by atoms with E-state index in [4.69, 9.17) is 15.2 Å². The summed E-state index contributed by atoms with van der Waals surface area (Å²) < 4.78 is 10.4. The van der Waals surface area contributed by atoms with Crippen LogP contribution in [0.2, 0.25) is 0 Å². The van der Waals surface area contributed by atoms with E-state index in [1.807, 2.05) is 30.3 Å². The van der Waals surface area contributed by atoms with Crippen LogP contribution in [0.1, 0.15) is 15.9 Å². The van der Waals surface area contributed by atoms with Crippen LogP contribution in [0.5, 0.6) is 5.75 Å². The predicted molar refractivity (Wildman–Crippen MR) is 73.0 cm³/mol. The molecule has 0 atom stereocenters. The first kappa shape index (κ1) is 13.0. The maximum absolute atomic E-state index is 11.6. The fraction of sp³-hybridized carbons (Fsp3) is 0.133. The Morgan fingerprint density at radius 3 is 2.63 bits per heavy atom. The maximum atomic E-state index is 11.6. The molecular weight excluding hydrogens is 242 g/mol. The summed E-state index contributed by atoms with van der Waals surface area (Å²) >= 11 is 0. The van der Waals surface area contributed by atoms with Crippen LogP contribution in [-0.4, -0.2) is 13.1 Å². The Bertz CT molecular complexity index is 567. The zero-order chi connectivity index (χ0) is 13.7. The van der Waals surface area contributed by atoms with Gasteiger partial charge in [-0.2, -0.15) is 0 Å². The third-order valence-corrected chi connectivity index (χ3v) is 2.65. The summed E-state index contributed by atoms with van der Waals surface area (Å²) in [7, 11) is 1.33. The largest absolute Gasteiger partial charge is 0.611 e. The van der Waals surface area contributed by atoms with Gasteiger partial charge in [0.1, 0.15) is 12.4 Å². The van der Waals surface area contributed by atoms with Crippen molar-refractivity contribution in [2.75, 3.05) is 12.8 Å². The van der Waals surface area contributed by atoms with E-state index in [9.17, 15) is 4.79 Å². The third kappa shape index (κ3) is 3.25. The van der Waals surface area contributed by atoms with E-state index in [1.165, 1.54) is 7.11 Å². The second-order valence-corrected chi connectivity index (χ2v) is 4.02. The number of carbonyl (C=O) groups excluding carboxylic acids is 1. The van der Waals surface area contributed by atoms with Crippen molar-refractivity contribution in [1.82, 2.24) is 0 Å². The average Bonchev–Trinajstić information content (AvgIpc) is 2.46. The molecule has 0 unspecified atom stereocenters. The lowest BCUT2D eigenvalue weighted by Crippen LogP contribution is -2.06. The molecule has 19 heavy (non-hydrogen) atoms. The highest BCUT2D eigenvalue weighted by atomic mass is 16.5. The molecule has 2 aromatic carbocycles. The van der Waals surface area contributed by atoms with Crippen molar-refractivity contribution in [3.8, 4) is 5.75 Å². The van der Waals surface area contributed by atoms with E-state index in [0.29, 0.717) is 23.6 Å². The quantitative estimate of drug-likeness (QED) is 0.519. The molecular formula is C15H15NO3+. The normalized spacial score (nSPS) is 9.95. The fourth-order valence-corrected chi connectivity index (χ4v) is 1.68. The van der Waals surface area contributed by atoms with Gasteiger partial charge in [-0.05, 0) is 23.8 Å². The van der Waals surface area contributed by atoms with Crippen molar-refractivity contribution in [2.24, 2.45) is 0 Å². The molecule has 0 amide bonds. The Balaban J connectivity index is 2.18. The molecule has 0 bridgehead atoms. The van der Waals surface area contributed by atoms with Crippen LogP contribution in [0.25, 0.3) is 0 Å². The Kier molecular flexibility index (Phi) is 4.03. The number of esters is 1. The van der Waals surface area contributed by atoms with Gasteiger partial charge in [-0.25, -0.2) is 0 Å². The fourth-order valence-electron chi connectivity index (χ4n) is 1.68. The van der Waals surface area contributed by atoms with Gasteiger partial charge in [0, 0.05) is 5.69 Å². The molecule has 2 N–H and O–H groups in total. The molecule has 1 radical (unpaired) electrons. The first-order valence-electron chi connectivity index (χ1n) is 5.85. The average molecular weight is 257 g/mol. The van der Waals surface area contributed by atoms with Gasteiger partial charge >= 0.3 is 5.97 Å². The number of carbonyl (C=O) groups is 1. The highest BCUT2D eigenvalue weighted by Gasteiger charge is 2.24. The van der Waals surface area contributed by atoms with Gasteiger partial charge in [-0.15, -0.1) is 0 Å². The lowest BCUT2D eigenvalue weighted by Gasteiger charge is -2.08. The van der Waals surface area contributed by atoms with Crippen LogP contribution in [0.4, 0.5) is 5.69 Å². The molecule has 0 aliphatic rings. The minimum atomic E-state index is -0.463. The Labute approximate surface area is 111 Å². The van der Waals surface area contributed by atoms with Crippen molar-refractivity contribution in [3.05, 3.63) is 59.7 Å². The summed E-state index contributed by atoms with van der Waals surface area (Å²) in [6, 6.07) is 14.6. The highest BCUT2D eigenvalue weighted by Crippen LogP contribution is 2.23. The molecule has 4 heteroatoms. The predicted octanol–water partition coefficient (Wildman–Crippen LogP) is 2.63. The molecule has 0 saturated heterocycles. The van der Waals surface area contributed by atoms with Crippen LogP contribution >= 0.6 is 0 Å². The number of nitrogen functional groups attached to an aromatic ring is 1. The number of anilines is 1. The molecule has 0 saturated carbocycles. The first-order chi connectivity index (χ1) is 9.20. The van der Waals surface area contributed by atoms with E-state index >= 15 is 0 Å². The number of methoxy groups -OCH3 is 1. The van der Waals surface area contributed by atoms with E-state index < -0.39 is 5.97 Å². The van der Waals surface area contributed by atoms with Crippen molar-refractivity contribution in [1.29, 1.82) is 0 Å². The van der Waals surface area contributed by atoms with Crippen molar-refractivity contribution < 1.29 is 14.3 Å². The summed E-state index contributed by atoms with van der Waals surface area (Å²) in [6.45, 7) is 0.384. The van der Waals surface area contributed by atoms with Gasteiger partial charge in [-0.1, -0.05) is 30.3 Å². The minimum Gasteiger partial charge on any atom is -0.488 e. The molecule has 0 aliphatic carbocycles. The molecule has 4 nitrogen and oxygen atoms in total. The van der Waals surface area contributed by atoms with Crippen LogP contribution in [0.15, 0.2) is 48.5 Å². The van der Waals surface area contributed by atoms with Crippen LogP contribution in [0.3, 0.4) is 0 Å². The Morgan fingerprint density at radius 2 is 1.95 bits per heavy atom. The van der Waals surface area contributed by atoms with Gasteiger partial charge < -0.3 is 15.2 Å². The van der Waals surface area contributed by atoms with Gasteiger partial charge in [0.25, 0.3) is 0 Å². The van der Waals surface area contributed by atoms with Gasteiger partial charge in [0.15, 0.2) is 12.7 Å². The van der Waals surface area contributed by atoms with Crippen LogP contribution in [0, 0.1) is 0 Å². The third-order valence-electron chi connectivity index (χ3n) is 2.65. The highest BCUT2D eigenvalue weighted by molar-refractivity contribution is 5.93. The maximum Gasteiger partial charge on any atom is 0.611 e. The standard InChI is InChI=1S/C15H15NO3/c1-18-15(17)13-9-12(16)7-8-14(13)19-10-11-5-3-2-4-6-11/h2-9H,10,16H2,1H3/q+1. The summed E-state index contributed by atoms with van der Waals surface area (Å²) in [5, 5.41) is 0. The summed E-state index contributed by atoms with van der Waals surface area (Å²) in [6.07, 6.45) is 0. The monoisotopic (exact) mass is 257 g/mol. The van der Waals surface area contributed by atoms with Crippen LogP contribution in [-0.2, 0) is 11.3 Å². The summed E-state index contributed by atoms with van der Waals surface area (Å²) in [5.74, 6) is 0.000245. The zero-order valence-electron chi connectivity index (χ0n) is 10.6. The van der Waals surface area contributed by atoms with E-state index in [2.05, 4.69) is 0 Å². The van der Waals surface area contributed by atoms with E-state index in [-0.39, 0.29) is 0 Å². The lowest BCUT2D eigenvalue weighted by atomic mass is 10.1. The van der Waals surface area contributed by atoms with Crippen LogP contribution < -0.4 is 10.5 Å². The van der Waals surface area contributed by atoms with Gasteiger partial charge in [-0.3, -0.25) is 0 Å². The van der Waals surface area contributed by atoms with Gasteiger partial charge in [0.2, 0.25) is 0 Å². The van der Waals surface area contributed by atoms with Crippen molar-refractivity contribution in [2.45, 2.75) is 6.61 Å². The molecule has 0 heterocycles. The topological polar surface area (TPSA) is 63.6 Å². The number of nitrogens with two attached hydrogens (primary N) is 1. The number of ether oxygens (including phenoxy) is 2. The molecule has 0 aromatic heterocycles. The SMILES string of the molecule is C[O+]C(=O)c1cc(N)ccc1OCc1ccccc1.